The number of alkyl halides is 3. The van der Waals surface area contributed by atoms with Gasteiger partial charge in [0.25, 0.3) is 0 Å². The number of hydrogen-bond acceptors (Lipinski definition) is 7. The molecular weight excluding hydrogens is 434 g/mol. The smallest absolute Gasteiger partial charge is 0.323 e. The topological polar surface area (TPSA) is 123 Å². The van der Waals surface area contributed by atoms with E-state index < -0.39 is 33.8 Å². The molecule has 3 rings (SSSR count). The van der Waals surface area contributed by atoms with Gasteiger partial charge in [-0.05, 0) is 32.9 Å². The molecule has 3 aromatic rings. The van der Waals surface area contributed by atoms with Crippen LogP contribution in [0, 0.1) is 27.3 Å². The Morgan fingerprint density at radius 2 is 1.88 bits per heavy atom. The number of hydrogen-bond donors (Lipinski definition) is 1. The third kappa shape index (κ3) is 4.34. The number of nitro benzene ring substituents is 1. The first-order valence-electron chi connectivity index (χ1n) is 8.97. The molecule has 0 spiro atoms. The molecule has 2 heterocycles. The molecule has 0 saturated carbocycles. The van der Waals surface area contributed by atoms with Gasteiger partial charge in [-0.2, -0.15) is 27.9 Å². The third-order valence-corrected chi connectivity index (χ3v) is 4.24. The summed E-state index contributed by atoms with van der Waals surface area (Å²) in [5, 5.41) is 27.7. The van der Waals surface area contributed by atoms with Crippen molar-refractivity contribution in [3.05, 3.63) is 57.8 Å². The van der Waals surface area contributed by atoms with Crippen LogP contribution in [0.1, 0.15) is 32.0 Å². The summed E-state index contributed by atoms with van der Waals surface area (Å²) in [4.78, 5) is 17.0. The summed E-state index contributed by atoms with van der Waals surface area (Å²) in [5.74, 6) is -1.10. The Hall–Kier alpha value is -4.08. The van der Waals surface area contributed by atoms with Crippen molar-refractivity contribution < 1.29 is 22.5 Å². The molecule has 0 amide bonds. The van der Waals surface area contributed by atoms with Crippen LogP contribution in [0.15, 0.2) is 30.6 Å². The Balaban J connectivity index is 2.12. The lowest BCUT2D eigenvalue weighted by Gasteiger charge is -2.22. The van der Waals surface area contributed by atoms with E-state index in [1.807, 2.05) is 6.07 Å². The fraction of sp³-hybridized carbons (Fsp3) is 0.263. The normalized spacial score (nSPS) is 11.8. The minimum Gasteiger partial charge on any atom is -0.323 e. The van der Waals surface area contributed by atoms with E-state index in [1.165, 1.54) is 10.7 Å². The molecule has 0 aliphatic carbocycles. The maximum Gasteiger partial charge on any atom is 0.434 e. The highest BCUT2D eigenvalue weighted by Crippen LogP contribution is 2.35. The number of nitro groups is 1. The van der Waals surface area contributed by atoms with Crippen molar-refractivity contribution in [3.63, 3.8) is 0 Å². The highest BCUT2D eigenvalue weighted by molar-refractivity contribution is 5.76. The van der Waals surface area contributed by atoms with Crippen LogP contribution in [0.2, 0.25) is 0 Å². The Kier molecular flexibility index (Phi) is 5.56. The summed E-state index contributed by atoms with van der Waals surface area (Å²) < 4.78 is 53.8. The number of halogens is 4. The van der Waals surface area contributed by atoms with Crippen LogP contribution in [0.4, 0.5) is 34.9 Å². The van der Waals surface area contributed by atoms with E-state index in [0.29, 0.717) is 6.20 Å². The number of anilines is 2. The first kappa shape index (κ1) is 22.6. The quantitative estimate of drug-likeness (QED) is 0.346. The highest BCUT2D eigenvalue weighted by atomic mass is 19.4. The lowest BCUT2D eigenvalue weighted by molar-refractivity contribution is -0.387. The Labute approximate surface area is 178 Å². The van der Waals surface area contributed by atoms with Crippen LogP contribution >= 0.6 is 0 Å². The van der Waals surface area contributed by atoms with E-state index in [0.717, 1.165) is 18.3 Å². The number of nitriles is 1. The monoisotopic (exact) mass is 449 g/mol. The minimum absolute atomic E-state index is 0.0265. The van der Waals surface area contributed by atoms with E-state index in [-0.39, 0.29) is 28.5 Å². The maximum atomic E-state index is 14.2. The van der Waals surface area contributed by atoms with Gasteiger partial charge in [-0.3, -0.25) is 10.1 Å². The third-order valence-electron chi connectivity index (χ3n) is 4.24. The number of benzene rings is 1. The standard InChI is InChI=1S/C19H15F4N7O2/c1-18(2,3)29-17(27-15-9-25-14(8-26-15)19(21,22)23)11(7-24)16(28-29)10-4-5-13(30(31)32)12(20)6-10/h4-6,8-9H,1-3H3,(H,26,27). The predicted octanol–water partition coefficient (Wildman–Crippen LogP) is 4.78. The second kappa shape index (κ2) is 7.88. The second-order valence-corrected chi connectivity index (χ2v) is 7.60. The molecule has 0 fully saturated rings. The molecule has 0 atom stereocenters. The number of rotatable bonds is 4. The molecule has 1 aromatic carbocycles. The van der Waals surface area contributed by atoms with Crippen LogP contribution in [0.3, 0.4) is 0 Å². The van der Waals surface area contributed by atoms with Crippen LogP contribution in [-0.4, -0.2) is 24.7 Å². The average Bonchev–Trinajstić information content (AvgIpc) is 3.06. The van der Waals surface area contributed by atoms with Gasteiger partial charge in [-0.15, -0.1) is 0 Å². The first-order valence-corrected chi connectivity index (χ1v) is 8.97. The molecule has 0 aliphatic heterocycles. The summed E-state index contributed by atoms with van der Waals surface area (Å²) in [6.45, 7) is 5.26. The lowest BCUT2D eigenvalue weighted by Crippen LogP contribution is -2.25. The first-order chi connectivity index (χ1) is 14.8. The molecule has 0 saturated heterocycles. The largest absolute Gasteiger partial charge is 0.434 e. The van der Waals surface area contributed by atoms with Crippen molar-refractivity contribution in [2.45, 2.75) is 32.5 Å². The Morgan fingerprint density at radius 3 is 2.34 bits per heavy atom. The minimum atomic E-state index is -4.66. The van der Waals surface area contributed by atoms with Crippen molar-refractivity contribution >= 4 is 17.3 Å². The fourth-order valence-electron chi connectivity index (χ4n) is 2.79. The van der Waals surface area contributed by atoms with Crippen LogP contribution in [0.25, 0.3) is 11.3 Å². The zero-order valence-electron chi connectivity index (χ0n) is 16.9. The molecule has 32 heavy (non-hydrogen) atoms. The zero-order valence-corrected chi connectivity index (χ0v) is 16.9. The van der Waals surface area contributed by atoms with Gasteiger partial charge in [0, 0.05) is 11.6 Å². The van der Waals surface area contributed by atoms with Crippen molar-refractivity contribution in [1.82, 2.24) is 19.7 Å². The van der Waals surface area contributed by atoms with Gasteiger partial charge in [-0.1, -0.05) is 0 Å². The average molecular weight is 449 g/mol. The molecule has 0 radical (unpaired) electrons. The molecule has 9 nitrogen and oxygen atoms in total. The van der Waals surface area contributed by atoms with E-state index >= 15 is 0 Å². The van der Waals surface area contributed by atoms with Gasteiger partial charge in [0.1, 0.15) is 29.0 Å². The van der Waals surface area contributed by atoms with Gasteiger partial charge >= 0.3 is 11.9 Å². The lowest BCUT2D eigenvalue weighted by atomic mass is 10.1. The van der Waals surface area contributed by atoms with E-state index in [4.69, 9.17) is 0 Å². The molecule has 0 unspecified atom stereocenters. The summed E-state index contributed by atoms with van der Waals surface area (Å²) in [6, 6.07) is 5.03. The van der Waals surface area contributed by atoms with Crippen molar-refractivity contribution in [3.8, 4) is 17.3 Å². The Bertz CT molecular complexity index is 1220. The fourth-order valence-corrected chi connectivity index (χ4v) is 2.79. The number of aromatic nitrogens is 4. The van der Waals surface area contributed by atoms with Crippen LogP contribution < -0.4 is 5.32 Å². The summed E-state index contributed by atoms with van der Waals surface area (Å²) in [5.41, 5.74) is -2.57. The summed E-state index contributed by atoms with van der Waals surface area (Å²) >= 11 is 0. The number of nitrogens with zero attached hydrogens (tertiary/aromatic N) is 6. The Morgan fingerprint density at radius 1 is 1.19 bits per heavy atom. The van der Waals surface area contributed by atoms with Crippen LogP contribution in [-0.2, 0) is 11.7 Å². The van der Waals surface area contributed by atoms with Crippen molar-refractivity contribution in [1.29, 1.82) is 5.26 Å². The molecule has 0 aliphatic rings. The maximum absolute atomic E-state index is 14.2. The molecule has 2 aromatic heterocycles. The summed E-state index contributed by atoms with van der Waals surface area (Å²) in [7, 11) is 0. The summed E-state index contributed by atoms with van der Waals surface area (Å²) in [6.07, 6.45) is -3.27. The van der Waals surface area contributed by atoms with Gasteiger partial charge in [0.15, 0.2) is 5.69 Å². The van der Waals surface area contributed by atoms with E-state index in [2.05, 4.69) is 20.4 Å². The van der Waals surface area contributed by atoms with Gasteiger partial charge in [-0.25, -0.2) is 14.6 Å². The zero-order chi connectivity index (χ0) is 23.8. The van der Waals surface area contributed by atoms with Crippen molar-refractivity contribution in [2.24, 2.45) is 0 Å². The molecule has 166 valence electrons. The van der Waals surface area contributed by atoms with Crippen LogP contribution in [0.5, 0.6) is 0 Å². The van der Waals surface area contributed by atoms with Gasteiger partial charge in [0.05, 0.1) is 22.9 Å². The molecule has 1 N–H and O–H groups in total. The molecule has 0 bridgehead atoms. The number of nitrogens with one attached hydrogen (secondary N) is 1. The van der Waals surface area contributed by atoms with Crippen molar-refractivity contribution in [2.75, 3.05) is 5.32 Å². The van der Waals surface area contributed by atoms with E-state index in [9.17, 15) is 32.9 Å². The van der Waals surface area contributed by atoms with Gasteiger partial charge < -0.3 is 5.32 Å². The van der Waals surface area contributed by atoms with Gasteiger partial charge in [0.2, 0.25) is 5.82 Å². The highest BCUT2D eigenvalue weighted by Gasteiger charge is 2.33. The predicted molar refractivity (Wildman–Crippen MR) is 104 cm³/mol. The molecule has 13 heteroatoms. The second-order valence-electron chi connectivity index (χ2n) is 7.60. The SMILES string of the molecule is CC(C)(C)n1nc(-c2ccc([N+](=O)[O-])c(F)c2)c(C#N)c1Nc1cnc(C(F)(F)F)cn1. The molecular formula is C19H15F4N7O2. The van der Waals surface area contributed by atoms with E-state index in [1.54, 1.807) is 20.8 Å².